The third-order valence-corrected chi connectivity index (χ3v) is 6.40. The van der Waals surface area contributed by atoms with Gasteiger partial charge in [0.25, 0.3) is 0 Å². The maximum atomic E-state index is 12.5. The number of amides is 1. The Morgan fingerprint density at radius 3 is 2.53 bits per heavy atom. The van der Waals surface area contributed by atoms with Crippen LogP contribution in [-0.4, -0.2) is 77.0 Å². The van der Waals surface area contributed by atoms with E-state index in [2.05, 4.69) is 4.90 Å². The summed E-state index contributed by atoms with van der Waals surface area (Å²) in [6.07, 6.45) is 5.62. The Hall–Kier alpha value is -2.09. The summed E-state index contributed by atoms with van der Waals surface area (Å²) in [6.45, 7) is 7.80. The summed E-state index contributed by atoms with van der Waals surface area (Å²) in [7, 11) is 0. The number of piperidine rings is 1. The number of hydrogen-bond acceptors (Lipinski definition) is 6. The van der Waals surface area contributed by atoms with Gasteiger partial charge in [-0.25, -0.2) is 0 Å². The molecule has 2 N–H and O–H groups in total. The number of hydrogen-bond donors (Lipinski definition) is 2. The summed E-state index contributed by atoms with van der Waals surface area (Å²) in [5, 5.41) is 22.2. The molecule has 2 saturated heterocycles. The fourth-order valence-corrected chi connectivity index (χ4v) is 4.62. The molecule has 1 aromatic rings. The fraction of sp³-hybridized carbons (Fsp3) is 0.609. The van der Waals surface area contributed by atoms with Gasteiger partial charge < -0.3 is 24.6 Å². The molecule has 3 aliphatic rings. The molecule has 3 heterocycles. The van der Waals surface area contributed by atoms with Gasteiger partial charge in [0, 0.05) is 37.8 Å². The smallest absolute Gasteiger partial charge is 0.246 e. The number of morpholine rings is 1. The third kappa shape index (κ3) is 4.06. The minimum atomic E-state index is -0.816. The average Bonchev–Trinajstić information content (AvgIpc) is 2.75. The van der Waals surface area contributed by atoms with E-state index in [-0.39, 0.29) is 11.7 Å². The standard InChI is InChI=1S/C23H32N2O5/c1-23(2)22(28)20(25-12-14-29-15-13-25)19-17(30-23)8-6-16(21(19)27)7-9-18(26)24-10-4-3-5-11-24/h6-9,20,22,27-28H,3-5,10-15H2,1-2H3/b9-7+/t20-,22-/m0/s1. The first-order valence-corrected chi connectivity index (χ1v) is 10.9. The largest absolute Gasteiger partial charge is 0.507 e. The van der Waals surface area contributed by atoms with Crippen molar-refractivity contribution in [3.63, 3.8) is 0 Å². The molecule has 30 heavy (non-hydrogen) atoms. The second-order valence-electron chi connectivity index (χ2n) is 8.88. The molecular formula is C23H32N2O5. The lowest BCUT2D eigenvalue weighted by Crippen LogP contribution is -2.55. The maximum Gasteiger partial charge on any atom is 0.246 e. The number of aromatic hydroxyl groups is 1. The van der Waals surface area contributed by atoms with E-state index in [1.165, 1.54) is 12.5 Å². The van der Waals surface area contributed by atoms with Gasteiger partial charge in [-0.3, -0.25) is 9.69 Å². The predicted octanol–water partition coefficient (Wildman–Crippen LogP) is 2.32. The topological polar surface area (TPSA) is 82.5 Å². The molecule has 0 saturated carbocycles. The molecule has 1 amide bonds. The molecule has 2 atom stereocenters. The monoisotopic (exact) mass is 416 g/mol. The Bertz CT molecular complexity index is 810. The molecule has 0 aliphatic carbocycles. The Morgan fingerprint density at radius 1 is 1.13 bits per heavy atom. The third-order valence-electron chi connectivity index (χ3n) is 6.40. The second kappa shape index (κ2) is 8.57. The molecule has 4 rings (SSSR count). The van der Waals surface area contributed by atoms with Gasteiger partial charge in [0.15, 0.2) is 0 Å². The molecule has 164 valence electrons. The molecule has 2 fully saturated rings. The highest BCUT2D eigenvalue weighted by Gasteiger charge is 2.47. The summed E-state index contributed by atoms with van der Waals surface area (Å²) in [5.74, 6) is 0.592. The summed E-state index contributed by atoms with van der Waals surface area (Å²) in [5.41, 5.74) is 0.341. The fourth-order valence-electron chi connectivity index (χ4n) is 4.62. The van der Waals surface area contributed by atoms with Crippen LogP contribution in [0.2, 0.25) is 0 Å². The molecule has 0 spiro atoms. The van der Waals surface area contributed by atoms with Gasteiger partial charge in [-0.2, -0.15) is 0 Å². The van der Waals surface area contributed by atoms with Crippen molar-refractivity contribution in [2.24, 2.45) is 0 Å². The van der Waals surface area contributed by atoms with E-state index in [4.69, 9.17) is 9.47 Å². The van der Waals surface area contributed by atoms with E-state index >= 15 is 0 Å². The summed E-state index contributed by atoms with van der Waals surface area (Å²) in [4.78, 5) is 16.5. The zero-order chi connectivity index (χ0) is 21.3. The number of carbonyl (C=O) groups excluding carboxylic acids is 1. The van der Waals surface area contributed by atoms with Crippen LogP contribution in [0.4, 0.5) is 0 Å². The molecule has 1 aromatic carbocycles. The molecule has 0 unspecified atom stereocenters. The number of carbonyl (C=O) groups is 1. The van der Waals surface area contributed by atoms with Crippen molar-refractivity contribution in [3.8, 4) is 11.5 Å². The van der Waals surface area contributed by atoms with Crippen LogP contribution in [0.25, 0.3) is 6.08 Å². The van der Waals surface area contributed by atoms with Crippen molar-refractivity contribution in [2.75, 3.05) is 39.4 Å². The number of fused-ring (bicyclic) bond motifs is 1. The van der Waals surface area contributed by atoms with Crippen LogP contribution in [-0.2, 0) is 9.53 Å². The van der Waals surface area contributed by atoms with Crippen LogP contribution in [0, 0.1) is 0 Å². The summed E-state index contributed by atoms with van der Waals surface area (Å²) < 4.78 is 11.5. The number of ether oxygens (including phenoxy) is 2. The van der Waals surface area contributed by atoms with E-state index in [0.717, 1.165) is 25.9 Å². The van der Waals surface area contributed by atoms with Crippen LogP contribution >= 0.6 is 0 Å². The number of rotatable bonds is 3. The molecule has 7 nitrogen and oxygen atoms in total. The first kappa shape index (κ1) is 21.2. The summed E-state index contributed by atoms with van der Waals surface area (Å²) in [6, 6.07) is 3.18. The Labute approximate surface area is 177 Å². The number of nitrogens with zero attached hydrogens (tertiary/aromatic N) is 2. The van der Waals surface area contributed by atoms with Crippen molar-refractivity contribution in [3.05, 3.63) is 29.3 Å². The van der Waals surface area contributed by atoms with E-state index in [1.807, 2.05) is 24.8 Å². The quantitative estimate of drug-likeness (QED) is 0.736. The first-order chi connectivity index (χ1) is 14.4. The van der Waals surface area contributed by atoms with Gasteiger partial charge in [-0.15, -0.1) is 0 Å². The van der Waals surface area contributed by atoms with Crippen LogP contribution in [0.15, 0.2) is 18.2 Å². The number of benzene rings is 1. The van der Waals surface area contributed by atoms with Gasteiger partial charge in [-0.1, -0.05) is 0 Å². The Balaban J connectivity index is 1.65. The number of phenols is 1. The van der Waals surface area contributed by atoms with E-state index in [0.29, 0.717) is 43.2 Å². The molecule has 0 radical (unpaired) electrons. The predicted molar refractivity (Wildman–Crippen MR) is 113 cm³/mol. The van der Waals surface area contributed by atoms with E-state index in [1.54, 1.807) is 12.1 Å². The van der Waals surface area contributed by atoms with E-state index < -0.39 is 17.7 Å². The van der Waals surface area contributed by atoms with Gasteiger partial charge >= 0.3 is 0 Å². The van der Waals surface area contributed by atoms with Crippen molar-refractivity contribution in [1.82, 2.24) is 9.80 Å². The van der Waals surface area contributed by atoms with Crippen molar-refractivity contribution >= 4 is 12.0 Å². The second-order valence-corrected chi connectivity index (χ2v) is 8.88. The number of likely N-dealkylation sites (tertiary alicyclic amines) is 1. The number of phenolic OH excluding ortho intramolecular Hbond substituents is 1. The van der Waals surface area contributed by atoms with Crippen LogP contribution in [0.5, 0.6) is 11.5 Å². The lowest BCUT2D eigenvalue weighted by Gasteiger charge is -2.47. The van der Waals surface area contributed by atoms with Crippen molar-refractivity contribution in [2.45, 2.75) is 50.9 Å². The SMILES string of the molecule is CC1(C)Oc2ccc(/C=C/C(=O)N3CCCCC3)c(O)c2[C@H](N2CCOCC2)[C@@H]1O. The molecule has 0 bridgehead atoms. The minimum absolute atomic E-state index is 0.0334. The highest BCUT2D eigenvalue weighted by molar-refractivity contribution is 5.92. The van der Waals surface area contributed by atoms with Crippen molar-refractivity contribution in [1.29, 1.82) is 0 Å². The molecular weight excluding hydrogens is 384 g/mol. The van der Waals surface area contributed by atoms with Crippen LogP contribution in [0.3, 0.4) is 0 Å². The zero-order valence-corrected chi connectivity index (χ0v) is 17.8. The zero-order valence-electron chi connectivity index (χ0n) is 17.8. The van der Waals surface area contributed by atoms with Gasteiger partial charge in [0.2, 0.25) is 5.91 Å². The maximum absolute atomic E-state index is 12.5. The normalized spacial score (nSPS) is 27.0. The Morgan fingerprint density at radius 2 is 1.83 bits per heavy atom. The Kier molecular flexibility index (Phi) is 6.04. The van der Waals surface area contributed by atoms with Crippen molar-refractivity contribution < 1.29 is 24.5 Å². The highest BCUT2D eigenvalue weighted by Crippen LogP contribution is 2.48. The first-order valence-electron chi connectivity index (χ1n) is 10.9. The summed E-state index contributed by atoms with van der Waals surface area (Å²) >= 11 is 0. The molecule has 7 heteroatoms. The lowest BCUT2D eigenvalue weighted by atomic mass is 9.84. The lowest BCUT2D eigenvalue weighted by molar-refractivity contribution is -0.126. The average molecular weight is 417 g/mol. The van der Waals surface area contributed by atoms with Gasteiger partial charge in [-0.05, 0) is 51.3 Å². The molecule has 3 aliphatic heterocycles. The van der Waals surface area contributed by atoms with E-state index in [9.17, 15) is 15.0 Å². The van der Waals surface area contributed by atoms with Gasteiger partial charge in [0.05, 0.1) is 24.8 Å². The van der Waals surface area contributed by atoms with Crippen LogP contribution in [0.1, 0.15) is 50.3 Å². The van der Waals surface area contributed by atoms with Crippen LogP contribution < -0.4 is 4.74 Å². The number of aliphatic hydroxyl groups is 1. The minimum Gasteiger partial charge on any atom is -0.507 e. The molecule has 0 aromatic heterocycles. The highest BCUT2D eigenvalue weighted by atomic mass is 16.5. The number of aliphatic hydroxyl groups excluding tert-OH is 1. The van der Waals surface area contributed by atoms with Gasteiger partial charge in [0.1, 0.15) is 23.2 Å².